The first-order chi connectivity index (χ1) is 7.90. The normalized spacial score (nSPS) is 21.9. The van der Waals surface area contributed by atoms with Gasteiger partial charge in [-0.2, -0.15) is 0 Å². The fraction of sp³-hybridized carbons (Fsp3) is 0.500. The average molecular weight is 216 g/mol. The minimum Gasteiger partial charge on any atom is -0.294 e. The van der Waals surface area contributed by atoms with Crippen LogP contribution in [0.5, 0.6) is 0 Å². The molecule has 0 spiro atoms. The minimum absolute atomic E-state index is 0.447. The van der Waals surface area contributed by atoms with E-state index >= 15 is 0 Å². The number of nitrogens with zero attached hydrogens (tertiary/aromatic N) is 4. The van der Waals surface area contributed by atoms with E-state index in [-0.39, 0.29) is 0 Å². The summed E-state index contributed by atoms with van der Waals surface area (Å²) in [6, 6.07) is 6.48. The van der Waals surface area contributed by atoms with Crippen LogP contribution in [0, 0.1) is 0 Å². The van der Waals surface area contributed by atoms with Gasteiger partial charge in [0.1, 0.15) is 0 Å². The Hall–Kier alpha value is -1.42. The number of pyridine rings is 1. The van der Waals surface area contributed by atoms with E-state index in [1.807, 2.05) is 18.2 Å². The Morgan fingerprint density at radius 1 is 1.38 bits per heavy atom. The Bertz CT molecular complexity index is 490. The van der Waals surface area contributed by atoms with E-state index in [4.69, 9.17) is 0 Å². The molecule has 0 radical (unpaired) electrons. The molecule has 1 aliphatic heterocycles. The summed E-state index contributed by atoms with van der Waals surface area (Å²) >= 11 is 0. The van der Waals surface area contributed by atoms with Gasteiger partial charge in [0.15, 0.2) is 11.5 Å². The molecule has 0 N–H and O–H groups in total. The molecule has 2 aromatic heterocycles. The standard InChI is InChI=1S/C12H16N4/c1-2-15-8-5-6-10(15)12-14-13-11-7-3-4-9-16(11)12/h3-4,7,9-10H,2,5-6,8H2,1H3. The zero-order valence-electron chi connectivity index (χ0n) is 9.50. The molecule has 1 fully saturated rings. The molecule has 2 aromatic rings. The predicted octanol–water partition coefficient (Wildman–Crippen LogP) is 1.89. The van der Waals surface area contributed by atoms with Crippen LogP contribution in [-0.2, 0) is 0 Å². The highest BCUT2D eigenvalue weighted by molar-refractivity contribution is 5.37. The molecule has 84 valence electrons. The van der Waals surface area contributed by atoms with Crippen molar-refractivity contribution in [1.29, 1.82) is 0 Å². The van der Waals surface area contributed by atoms with Gasteiger partial charge in [-0.05, 0) is 38.1 Å². The van der Waals surface area contributed by atoms with Crippen molar-refractivity contribution in [3.63, 3.8) is 0 Å². The highest BCUT2D eigenvalue weighted by Crippen LogP contribution is 2.30. The van der Waals surface area contributed by atoms with Gasteiger partial charge in [-0.15, -0.1) is 10.2 Å². The molecule has 1 atom stereocenters. The average Bonchev–Trinajstić information content (AvgIpc) is 2.94. The molecule has 0 bridgehead atoms. The van der Waals surface area contributed by atoms with Crippen molar-refractivity contribution < 1.29 is 0 Å². The van der Waals surface area contributed by atoms with Crippen molar-refractivity contribution in [3.8, 4) is 0 Å². The second kappa shape index (κ2) is 3.87. The molecule has 4 heteroatoms. The van der Waals surface area contributed by atoms with Gasteiger partial charge in [-0.25, -0.2) is 0 Å². The molecule has 0 aliphatic carbocycles. The first kappa shape index (κ1) is 9.78. The highest BCUT2D eigenvalue weighted by atomic mass is 15.3. The third kappa shape index (κ3) is 1.41. The van der Waals surface area contributed by atoms with Gasteiger partial charge in [-0.3, -0.25) is 9.30 Å². The van der Waals surface area contributed by atoms with Gasteiger partial charge < -0.3 is 0 Å². The zero-order chi connectivity index (χ0) is 11.0. The highest BCUT2D eigenvalue weighted by Gasteiger charge is 2.28. The smallest absolute Gasteiger partial charge is 0.160 e. The summed E-state index contributed by atoms with van der Waals surface area (Å²) in [5, 5.41) is 8.57. The number of rotatable bonds is 2. The summed E-state index contributed by atoms with van der Waals surface area (Å²) in [7, 11) is 0. The van der Waals surface area contributed by atoms with Crippen LogP contribution in [0.4, 0.5) is 0 Å². The van der Waals surface area contributed by atoms with Gasteiger partial charge in [-0.1, -0.05) is 13.0 Å². The van der Waals surface area contributed by atoms with E-state index in [9.17, 15) is 0 Å². The Balaban J connectivity index is 2.05. The lowest BCUT2D eigenvalue weighted by Gasteiger charge is -2.20. The third-order valence-electron chi connectivity index (χ3n) is 3.41. The first-order valence-corrected chi connectivity index (χ1v) is 5.94. The maximum Gasteiger partial charge on any atom is 0.160 e. The number of hydrogen-bond donors (Lipinski definition) is 0. The number of fused-ring (bicyclic) bond motifs is 1. The molecule has 16 heavy (non-hydrogen) atoms. The second-order valence-electron chi connectivity index (χ2n) is 4.27. The van der Waals surface area contributed by atoms with Crippen LogP contribution in [0.25, 0.3) is 5.65 Å². The third-order valence-corrected chi connectivity index (χ3v) is 3.41. The second-order valence-corrected chi connectivity index (χ2v) is 4.27. The Morgan fingerprint density at radius 2 is 2.31 bits per heavy atom. The molecular weight excluding hydrogens is 200 g/mol. The van der Waals surface area contributed by atoms with Crippen molar-refractivity contribution in [2.75, 3.05) is 13.1 Å². The molecule has 0 amide bonds. The lowest BCUT2D eigenvalue weighted by atomic mass is 10.2. The number of aromatic nitrogens is 3. The fourth-order valence-electron chi connectivity index (χ4n) is 2.58. The number of likely N-dealkylation sites (tertiary alicyclic amines) is 1. The van der Waals surface area contributed by atoms with Gasteiger partial charge in [0.05, 0.1) is 6.04 Å². The molecule has 3 rings (SSSR count). The van der Waals surface area contributed by atoms with Crippen LogP contribution in [0.2, 0.25) is 0 Å². The summed E-state index contributed by atoms with van der Waals surface area (Å²) in [5.74, 6) is 1.09. The summed E-state index contributed by atoms with van der Waals surface area (Å²) in [6.07, 6.45) is 4.51. The van der Waals surface area contributed by atoms with Crippen molar-refractivity contribution >= 4 is 5.65 Å². The molecule has 4 nitrogen and oxygen atoms in total. The zero-order valence-corrected chi connectivity index (χ0v) is 9.50. The quantitative estimate of drug-likeness (QED) is 0.768. The van der Waals surface area contributed by atoms with Crippen LogP contribution in [0.1, 0.15) is 31.6 Å². The summed E-state index contributed by atoms with van der Waals surface area (Å²) in [6.45, 7) is 4.48. The molecular formula is C12H16N4. The lowest BCUT2D eigenvalue weighted by molar-refractivity contribution is 0.261. The molecule has 1 unspecified atom stereocenters. The Labute approximate surface area is 94.9 Å². The van der Waals surface area contributed by atoms with Crippen molar-refractivity contribution in [2.45, 2.75) is 25.8 Å². The first-order valence-electron chi connectivity index (χ1n) is 5.94. The maximum absolute atomic E-state index is 4.35. The van der Waals surface area contributed by atoms with Gasteiger partial charge in [0.2, 0.25) is 0 Å². The Kier molecular flexibility index (Phi) is 2.36. The van der Waals surface area contributed by atoms with E-state index in [1.54, 1.807) is 0 Å². The maximum atomic E-state index is 4.35. The summed E-state index contributed by atoms with van der Waals surface area (Å²) in [5.41, 5.74) is 0.945. The molecule has 0 aromatic carbocycles. The van der Waals surface area contributed by atoms with Gasteiger partial charge >= 0.3 is 0 Å². The van der Waals surface area contributed by atoms with Gasteiger partial charge in [0, 0.05) is 6.20 Å². The van der Waals surface area contributed by atoms with E-state index in [0.29, 0.717) is 6.04 Å². The molecule has 1 saturated heterocycles. The SMILES string of the molecule is CCN1CCCC1c1nnc2ccccn12. The Morgan fingerprint density at radius 3 is 3.19 bits per heavy atom. The van der Waals surface area contributed by atoms with Crippen LogP contribution < -0.4 is 0 Å². The van der Waals surface area contributed by atoms with Gasteiger partial charge in [0.25, 0.3) is 0 Å². The van der Waals surface area contributed by atoms with Crippen LogP contribution >= 0.6 is 0 Å². The van der Waals surface area contributed by atoms with Crippen molar-refractivity contribution in [2.24, 2.45) is 0 Å². The van der Waals surface area contributed by atoms with E-state index in [2.05, 4.69) is 32.6 Å². The van der Waals surface area contributed by atoms with E-state index in [0.717, 1.165) is 18.0 Å². The monoisotopic (exact) mass is 216 g/mol. The van der Waals surface area contributed by atoms with Crippen molar-refractivity contribution in [3.05, 3.63) is 30.2 Å². The van der Waals surface area contributed by atoms with E-state index < -0.39 is 0 Å². The van der Waals surface area contributed by atoms with Crippen molar-refractivity contribution in [1.82, 2.24) is 19.5 Å². The summed E-state index contributed by atoms with van der Waals surface area (Å²) < 4.78 is 2.11. The van der Waals surface area contributed by atoms with Crippen LogP contribution in [0.3, 0.4) is 0 Å². The van der Waals surface area contributed by atoms with Crippen LogP contribution in [0.15, 0.2) is 24.4 Å². The minimum atomic E-state index is 0.447. The largest absolute Gasteiger partial charge is 0.294 e. The number of hydrogen-bond acceptors (Lipinski definition) is 3. The fourth-order valence-corrected chi connectivity index (χ4v) is 2.58. The lowest BCUT2D eigenvalue weighted by Crippen LogP contribution is -2.24. The van der Waals surface area contributed by atoms with Crippen LogP contribution in [-0.4, -0.2) is 32.6 Å². The predicted molar refractivity (Wildman–Crippen MR) is 62.2 cm³/mol. The molecule has 0 saturated carbocycles. The molecule has 1 aliphatic rings. The molecule has 3 heterocycles. The van der Waals surface area contributed by atoms with E-state index in [1.165, 1.54) is 19.4 Å². The summed E-state index contributed by atoms with van der Waals surface area (Å²) in [4.78, 5) is 2.48. The topological polar surface area (TPSA) is 33.4 Å².